The molecule has 38 heavy (non-hydrogen) atoms. The summed E-state index contributed by atoms with van der Waals surface area (Å²) < 4.78 is 3.23. The second-order valence-corrected chi connectivity index (χ2v) is 10.7. The molecule has 1 atom stereocenters. The van der Waals surface area contributed by atoms with Crippen LogP contribution < -0.4 is 5.32 Å². The second kappa shape index (κ2) is 9.12. The van der Waals surface area contributed by atoms with Gasteiger partial charge >= 0.3 is 0 Å². The van der Waals surface area contributed by atoms with Crippen molar-refractivity contribution in [3.05, 3.63) is 142 Å². The van der Waals surface area contributed by atoms with Crippen LogP contribution in [0.5, 0.6) is 0 Å². The molecule has 0 saturated carbocycles. The SMILES string of the molecule is Cc1ccc(C2C(c3nc4ccccc4s3)=C(c3ccccc3)Nc3c2c(C)nn3-c2ccccc2)cc1. The van der Waals surface area contributed by atoms with Crippen LogP contribution in [-0.2, 0) is 0 Å². The maximum absolute atomic E-state index is 5.17. The lowest BCUT2D eigenvalue weighted by atomic mass is 9.80. The highest BCUT2D eigenvalue weighted by atomic mass is 32.1. The molecule has 3 heterocycles. The first-order chi connectivity index (χ1) is 18.7. The molecule has 0 fully saturated rings. The fraction of sp³-hybridized carbons (Fsp3) is 0.0909. The Kier molecular flexibility index (Phi) is 5.45. The number of hydrogen-bond donors (Lipinski definition) is 1. The number of para-hydroxylation sites is 2. The number of aromatic nitrogens is 3. The fourth-order valence-electron chi connectivity index (χ4n) is 5.38. The van der Waals surface area contributed by atoms with Crippen molar-refractivity contribution in [1.82, 2.24) is 14.8 Å². The minimum atomic E-state index is -0.0277. The van der Waals surface area contributed by atoms with E-state index in [1.165, 1.54) is 27.0 Å². The van der Waals surface area contributed by atoms with E-state index in [1.807, 2.05) is 10.7 Å². The molecule has 0 radical (unpaired) electrons. The normalized spacial score (nSPS) is 14.9. The molecule has 0 bridgehead atoms. The zero-order chi connectivity index (χ0) is 25.6. The lowest BCUT2D eigenvalue weighted by Gasteiger charge is -2.31. The van der Waals surface area contributed by atoms with Gasteiger partial charge < -0.3 is 5.32 Å². The van der Waals surface area contributed by atoms with Crippen molar-refractivity contribution < 1.29 is 0 Å². The van der Waals surface area contributed by atoms with Crippen molar-refractivity contribution in [2.24, 2.45) is 0 Å². The van der Waals surface area contributed by atoms with Crippen LogP contribution in [0.25, 0.3) is 27.2 Å². The van der Waals surface area contributed by atoms with Gasteiger partial charge in [-0.05, 0) is 49.2 Å². The molecule has 0 spiro atoms. The molecule has 1 aliphatic heterocycles. The van der Waals surface area contributed by atoms with Crippen LogP contribution in [0.15, 0.2) is 109 Å². The van der Waals surface area contributed by atoms with E-state index in [-0.39, 0.29) is 5.92 Å². The van der Waals surface area contributed by atoms with Crippen molar-refractivity contribution in [3.8, 4) is 5.69 Å². The summed E-state index contributed by atoms with van der Waals surface area (Å²) in [6, 6.07) is 38.2. The maximum Gasteiger partial charge on any atom is 0.138 e. The third-order valence-corrected chi connectivity index (χ3v) is 8.26. The zero-order valence-electron chi connectivity index (χ0n) is 21.2. The summed E-state index contributed by atoms with van der Waals surface area (Å²) in [6.07, 6.45) is 0. The lowest BCUT2D eigenvalue weighted by molar-refractivity contribution is 0.870. The number of thiazole rings is 1. The predicted octanol–water partition coefficient (Wildman–Crippen LogP) is 8.22. The molecular formula is C33H26N4S. The first-order valence-electron chi connectivity index (χ1n) is 12.8. The summed E-state index contributed by atoms with van der Waals surface area (Å²) >= 11 is 1.75. The molecule has 4 aromatic carbocycles. The largest absolute Gasteiger partial charge is 0.339 e. The molecule has 2 aromatic heterocycles. The highest BCUT2D eigenvalue weighted by molar-refractivity contribution is 7.19. The van der Waals surface area contributed by atoms with Gasteiger partial charge in [-0.2, -0.15) is 5.10 Å². The number of rotatable bonds is 4. The van der Waals surface area contributed by atoms with Crippen LogP contribution in [0.3, 0.4) is 0 Å². The first kappa shape index (κ1) is 22.7. The quantitative estimate of drug-likeness (QED) is 0.260. The minimum Gasteiger partial charge on any atom is -0.339 e. The number of aryl methyl sites for hydroxylation is 2. The summed E-state index contributed by atoms with van der Waals surface area (Å²) in [5.74, 6) is 0.975. The molecular weight excluding hydrogens is 484 g/mol. The van der Waals surface area contributed by atoms with Crippen LogP contribution in [0.1, 0.15) is 38.9 Å². The Morgan fingerprint density at radius 3 is 2.18 bits per heavy atom. The Morgan fingerprint density at radius 2 is 1.45 bits per heavy atom. The third kappa shape index (κ3) is 3.75. The number of allylic oxidation sites excluding steroid dienone is 1. The minimum absolute atomic E-state index is 0.0277. The van der Waals surface area contributed by atoms with E-state index in [0.29, 0.717) is 0 Å². The molecule has 1 N–H and O–H groups in total. The molecule has 184 valence electrons. The first-order valence-corrected chi connectivity index (χ1v) is 13.6. The van der Waals surface area contributed by atoms with Crippen LogP contribution >= 0.6 is 11.3 Å². The maximum atomic E-state index is 5.17. The second-order valence-electron chi connectivity index (χ2n) is 9.71. The van der Waals surface area contributed by atoms with Gasteiger partial charge in [0.15, 0.2) is 0 Å². The van der Waals surface area contributed by atoms with Crippen molar-refractivity contribution in [2.75, 3.05) is 5.32 Å². The van der Waals surface area contributed by atoms with E-state index in [4.69, 9.17) is 10.1 Å². The van der Waals surface area contributed by atoms with Crippen LogP contribution in [0, 0.1) is 13.8 Å². The number of nitrogens with zero attached hydrogens (tertiary/aromatic N) is 3. The summed E-state index contributed by atoms with van der Waals surface area (Å²) in [5.41, 5.74) is 10.1. The van der Waals surface area contributed by atoms with E-state index < -0.39 is 0 Å². The van der Waals surface area contributed by atoms with E-state index in [9.17, 15) is 0 Å². The summed E-state index contributed by atoms with van der Waals surface area (Å²) in [5, 5.41) is 9.95. The van der Waals surface area contributed by atoms with Crippen LogP contribution in [-0.4, -0.2) is 14.8 Å². The van der Waals surface area contributed by atoms with Gasteiger partial charge in [0.05, 0.1) is 27.3 Å². The van der Waals surface area contributed by atoms with Gasteiger partial charge in [-0.25, -0.2) is 9.67 Å². The van der Waals surface area contributed by atoms with E-state index in [2.05, 4.69) is 122 Å². The Bertz CT molecular complexity index is 1760. The van der Waals surface area contributed by atoms with Gasteiger partial charge in [0.1, 0.15) is 10.8 Å². The molecule has 0 aliphatic carbocycles. The molecule has 7 rings (SSSR count). The average molecular weight is 511 g/mol. The summed E-state index contributed by atoms with van der Waals surface area (Å²) in [7, 11) is 0. The fourth-order valence-corrected chi connectivity index (χ4v) is 6.43. The smallest absolute Gasteiger partial charge is 0.138 e. The zero-order valence-corrected chi connectivity index (χ0v) is 22.0. The molecule has 1 unspecified atom stereocenters. The molecule has 0 amide bonds. The van der Waals surface area contributed by atoms with Gasteiger partial charge in [0.2, 0.25) is 0 Å². The Balaban J connectivity index is 1.56. The number of anilines is 1. The molecule has 5 heteroatoms. The van der Waals surface area contributed by atoms with Crippen molar-refractivity contribution in [2.45, 2.75) is 19.8 Å². The topological polar surface area (TPSA) is 42.7 Å². The Hall–Kier alpha value is -4.48. The standard InChI is InChI=1S/C33H26N4S/c1-21-17-19-23(20-18-21)29-28-22(2)36-37(25-13-7-4-8-14-25)32(28)35-31(24-11-5-3-6-12-24)30(29)33-34-26-15-9-10-16-27(26)38-33/h3-20,29,35H,1-2H3. The van der Waals surface area contributed by atoms with E-state index in [0.717, 1.165) is 39.0 Å². The number of benzene rings is 4. The number of fused-ring (bicyclic) bond motifs is 2. The predicted molar refractivity (Wildman–Crippen MR) is 158 cm³/mol. The van der Waals surface area contributed by atoms with Gasteiger partial charge in [0.25, 0.3) is 0 Å². The van der Waals surface area contributed by atoms with Gasteiger partial charge in [-0.3, -0.25) is 0 Å². The van der Waals surface area contributed by atoms with E-state index in [1.54, 1.807) is 11.3 Å². The average Bonchev–Trinajstić information content (AvgIpc) is 3.54. The van der Waals surface area contributed by atoms with E-state index >= 15 is 0 Å². The molecule has 4 nitrogen and oxygen atoms in total. The van der Waals surface area contributed by atoms with Crippen molar-refractivity contribution in [1.29, 1.82) is 0 Å². The number of hydrogen-bond acceptors (Lipinski definition) is 4. The highest BCUT2D eigenvalue weighted by Gasteiger charge is 2.37. The molecule has 0 saturated heterocycles. The van der Waals surface area contributed by atoms with Gasteiger partial charge in [-0.1, -0.05) is 90.5 Å². The summed E-state index contributed by atoms with van der Waals surface area (Å²) in [4.78, 5) is 5.17. The lowest BCUT2D eigenvalue weighted by Crippen LogP contribution is -2.19. The molecule has 1 aliphatic rings. The highest BCUT2D eigenvalue weighted by Crippen LogP contribution is 2.51. The van der Waals surface area contributed by atoms with Gasteiger partial charge in [0, 0.05) is 17.1 Å². The van der Waals surface area contributed by atoms with Crippen LogP contribution in [0.2, 0.25) is 0 Å². The summed E-state index contributed by atoms with van der Waals surface area (Å²) in [6.45, 7) is 4.25. The monoisotopic (exact) mass is 510 g/mol. The Labute approximate surface area is 225 Å². The van der Waals surface area contributed by atoms with Crippen molar-refractivity contribution in [3.63, 3.8) is 0 Å². The Morgan fingerprint density at radius 1 is 0.763 bits per heavy atom. The van der Waals surface area contributed by atoms with Crippen molar-refractivity contribution >= 4 is 38.6 Å². The van der Waals surface area contributed by atoms with Gasteiger partial charge in [-0.15, -0.1) is 11.3 Å². The molecule has 6 aromatic rings. The van der Waals surface area contributed by atoms with Crippen LogP contribution in [0.4, 0.5) is 5.82 Å². The third-order valence-electron chi connectivity index (χ3n) is 7.20. The number of nitrogens with one attached hydrogen (secondary N) is 1.